The lowest BCUT2D eigenvalue weighted by Crippen LogP contribution is -2.23. The monoisotopic (exact) mass is 483 g/mol. The molecule has 178 valence electrons. The van der Waals surface area contributed by atoms with Gasteiger partial charge in [0, 0.05) is 60.3 Å². The van der Waals surface area contributed by atoms with Crippen LogP contribution in [0, 0.1) is 0 Å². The summed E-state index contributed by atoms with van der Waals surface area (Å²) in [6, 6.07) is 13.1. The molecule has 0 N–H and O–H groups in total. The average Bonchev–Trinajstić information content (AvgIpc) is 3.26. The van der Waals surface area contributed by atoms with Crippen molar-refractivity contribution in [2.24, 2.45) is 7.05 Å². The maximum Gasteiger partial charge on any atom is 0.264 e. The molecule has 0 bridgehead atoms. The summed E-state index contributed by atoms with van der Waals surface area (Å²) in [6.45, 7) is 0.231. The van der Waals surface area contributed by atoms with Gasteiger partial charge in [-0.15, -0.1) is 10.2 Å². The molecule has 2 aromatic heterocycles. The van der Waals surface area contributed by atoms with Gasteiger partial charge in [-0.3, -0.25) is 8.86 Å². The van der Waals surface area contributed by atoms with Crippen molar-refractivity contribution in [3.05, 3.63) is 54.9 Å². The number of methoxy groups -OCH3 is 2. The molecule has 0 fully saturated rings. The van der Waals surface area contributed by atoms with E-state index < -0.39 is 10.1 Å². The van der Waals surface area contributed by atoms with Crippen LogP contribution in [0.25, 0.3) is 22.2 Å². The molecule has 0 spiro atoms. The second kappa shape index (κ2) is 9.65. The van der Waals surface area contributed by atoms with Gasteiger partial charge in [-0.1, -0.05) is 0 Å². The summed E-state index contributed by atoms with van der Waals surface area (Å²) in [5, 5.41) is 13.7. The normalized spacial score (nSPS) is 11.5. The van der Waals surface area contributed by atoms with Crippen LogP contribution in [0.3, 0.4) is 0 Å². The number of nitrogens with zero attached hydrogens (tertiary/aromatic N) is 5. The first kappa shape index (κ1) is 23.5. The number of hydrogen-bond acceptors (Lipinski definition) is 9. The molecule has 0 aliphatic heterocycles. The third kappa shape index (κ3) is 5.43. The second-order valence-corrected chi connectivity index (χ2v) is 9.27. The van der Waals surface area contributed by atoms with Crippen molar-refractivity contribution in [1.29, 1.82) is 0 Å². The summed E-state index contributed by atoms with van der Waals surface area (Å²) in [7, 11) is 1.41. The zero-order valence-corrected chi connectivity index (χ0v) is 20.1. The molecule has 0 radical (unpaired) electrons. The standard InChI is InChI=1S/C23H25N5O5S/c1-27-15-17(14-24-27)23-10-16-9-18(5-6-22(16)25-26-23)28(7-8-33-34(4,29)30)19-11-20(31-2)13-21(12-19)32-3/h5-6,9-15H,7-8H2,1-4H3. The summed E-state index contributed by atoms with van der Waals surface area (Å²) in [5.41, 5.74) is 3.85. The third-order valence-electron chi connectivity index (χ3n) is 5.14. The number of benzene rings is 2. The molecule has 2 aromatic carbocycles. The lowest BCUT2D eigenvalue weighted by molar-refractivity contribution is 0.330. The highest BCUT2D eigenvalue weighted by molar-refractivity contribution is 7.85. The van der Waals surface area contributed by atoms with Gasteiger partial charge < -0.3 is 14.4 Å². The number of hydrogen-bond donors (Lipinski definition) is 0. The van der Waals surface area contributed by atoms with E-state index in [2.05, 4.69) is 15.3 Å². The molecule has 0 aliphatic carbocycles. The van der Waals surface area contributed by atoms with Gasteiger partial charge in [0.05, 0.1) is 44.5 Å². The van der Waals surface area contributed by atoms with E-state index in [0.29, 0.717) is 17.2 Å². The Bertz CT molecular complexity index is 1400. The highest BCUT2D eigenvalue weighted by atomic mass is 32.2. The second-order valence-electron chi connectivity index (χ2n) is 7.62. The molecule has 4 aromatic rings. The SMILES string of the molecule is COc1cc(OC)cc(N(CCOS(C)(=O)=O)c2ccc3nnc(-c4cnn(C)c4)cc3c2)c1. The van der Waals surface area contributed by atoms with Crippen molar-refractivity contribution in [1.82, 2.24) is 20.0 Å². The van der Waals surface area contributed by atoms with Gasteiger partial charge in [0.15, 0.2) is 0 Å². The van der Waals surface area contributed by atoms with Crippen LogP contribution in [-0.2, 0) is 21.3 Å². The number of fused-ring (bicyclic) bond motifs is 1. The summed E-state index contributed by atoms with van der Waals surface area (Å²) >= 11 is 0. The highest BCUT2D eigenvalue weighted by Crippen LogP contribution is 2.34. The van der Waals surface area contributed by atoms with Crippen LogP contribution in [0.4, 0.5) is 11.4 Å². The smallest absolute Gasteiger partial charge is 0.264 e. The van der Waals surface area contributed by atoms with Gasteiger partial charge in [-0.25, -0.2) is 0 Å². The molecule has 0 amide bonds. The van der Waals surface area contributed by atoms with E-state index in [1.54, 1.807) is 31.2 Å². The lowest BCUT2D eigenvalue weighted by Gasteiger charge is -2.26. The fraction of sp³-hybridized carbons (Fsp3) is 0.261. The molecule has 0 saturated heterocycles. The van der Waals surface area contributed by atoms with Crippen molar-refractivity contribution < 1.29 is 22.1 Å². The Morgan fingerprint density at radius 2 is 1.71 bits per heavy atom. The highest BCUT2D eigenvalue weighted by Gasteiger charge is 2.15. The predicted octanol–water partition coefficient (Wildman–Crippen LogP) is 3.16. The largest absolute Gasteiger partial charge is 0.497 e. The van der Waals surface area contributed by atoms with Crippen LogP contribution >= 0.6 is 0 Å². The Labute approximate surface area is 197 Å². The first-order valence-corrected chi connectivity index (χ1v) is 12.2. The van der Waals surface area contributed by atoms with Gasteiger partial charge in [-0.05, 0) is 24.3 Å². The minimum absolute atomic E-state index is 0.0358. The number of aryl methyl sites for hydroxylation is 1. The molecular formula is C23H25N5O5S. The van der Waals surface area contributed by atoms with Crippen LogP contribution in [-0.4, -0.2) is 62.0 Å². The van der Waals surface area contributed by atoms with Crippen LogP contribution in [0.5, 0.6) is 11.5 Å². The van der Waals surface area contributed by atoms with Gasteiger partial charge in [-0.2, -0.15) is 13.5 Å². The van der Waals surface area contributed by atoms with Crippen molar-refractivity contribution in [2.75, 3.05) is 38.5 Å². The maximum atomic E-state index is 11.5. The topological polar surface area (TPSA) is 109 Å². The minimum Gasteiger partial charge on any atom is -0.497 e. The molecule has 11 heteroatoms. The van der Waals surface area contributed by atoms with Crippen molar-refractivity contribution in [3.63, 3.8) is 0 Å². The molecule has 34 heavy (non-hydrogen) atoms. The Morgan fingerprint density at radius 1 is 0.971 bits per heavy atom. The molecule has 10 nitrogen and oxygen atoms in total. The van der Waals surface area contributed by atoms with E-state index in [0.717, 1.165) is 34.1 Å². The third-order valence-corrected chi connectivity index (χ3v) is 5.74. The van der Waals surface area contributed by atoms with E-state index in [1.165, 1.54) is 0 Å². The van der Waals surface area contributed by atoms with Gasteiger partial charge in [0.1, 0.15) is 11.5 Å². The quantitative estimate of drug-likeness (QED) is 0.332. The molecule has 0 unspecified atom stereocenters. The summed E-state index contributed by atoms with van der Waals surface area (Å²) in [5.74, 6) is 1.21. The van der Waals surface area contributed by atoms with E-state index in [9.17, 15) is 8.42 Å². The lowest BCUT2D eigenvalue weighted by atomic mass is 10.1. The Kier molecular flexibility index (Phi) is 6.66. The molecule has 0 saturated carbocycles. The van der Waals surface area contributed by atoms with E-state index >= 15 is 0 Å². The van der Waals surface area contributed by atoms with Crippen molar-refractivity contribution >= 4 is 32.4 Å². The molecule has 0 aliphatic rings. The van der Waals surface area contributed by atoms with E-state index in [-0.39, 0.29) is 13.2 Å². The fourth-order valence-corrected chi connectivity index (χ4v) is 3.91. The zero-order chi connectivity index (χ0) is 24.3. The number of rotatable bonds is 9. The Hall–Kier alpha value is -3.70. The van der Waals surface area contributed by atoms with Gasteiger partial charge in [0.25, 0.3) is 10.1 Å². The first-order chi connectivity index (χ1) is 16.3. The van der Waals surface area contributed by atoms with Crippen LogP contribution in [0.1, 0.15) is 0 Å². The Morgan fingerprint density at radius 3 is 2.32 bits per heavy atom. The Balaban J connectivity index is 1.77. The number of ether oxygens (including phenoxy) is 2. The van der Waals surface area contributed by atoms with Crippen LogP contribution in [0.2, 0.25) is 0 Å². The van der Waals surface area contributed by atoms with Crippen molar-refractivity contribution in [3.8, 4) is 22.8 Å². The fourth-order valence-electron chi connectivity index (χ4n) is 3.53. The van der Waals surface area contributed by atoms with Crippen LogP contribution in [0.15, 0.2) is 54.9 Å². The molecule has 4 rings (SSSR count). The maximum absolute atomic E-state index is 11.5. The summed E-state index contributed by atoms with van der Waals surface area (Å²) in [4.78, 5) is 1.93. The zero-order valence-electron chi connectivity index (χ0n) is 19.3. The summed E-state index contributed by atoms with van der Waals surface area (Å²) in [6.07, 6.45) is 4.63. The molecule has 2 heterocycles. The summed E-state index contributed by atoms with van der Waals surface area (Å²) < 4.78 is 40.6. The van der Waals surface area contributed by atoms with Crippen LogP contribution < -0.4 is 14.4 Å². The molecular weight excluding hydrogens is 458 g/mol. The van der Waals surface area contributed by atoms with Gasteiger partial charge in [0.2, 0.25) is 0 Å². The average molecular weight is 484 g/mol. The molecule has 0 atom stereocenters. The predicted molar refractivity (Wildman–Crippen MR) is 129 cm³/mol. The van der Waals surface area contributed by atoms with E-state index in [4.69, 9.17) is 13.7 Å². The number of aromatic nitrogens is 4. The number of anilines is 2. The first-order valence-electron chi connectivity index (χ1n) is 10.4. The van der Waals surface area contributed by atoms with Gasteiger partial charge >= 0.3 is 0 Å². The van der Waals surface area contributed by atoms with Crippen molar-refractivity contribution in [2.45, 2.75) is 0 Å². The van der Waals surface area contributed by atoms with E-state index in [1.807, 2.05) is 54.5 Å². The minimum atomic E-state index is -3.58.